The second-order valence-electron chi connectivity index (χ2n) is 1.80. The molecule has 0 N–H and O–H groups in total. The summed E-state index contributed by atoms with van der Waals surface area (Å²) >= 11 is 0.528. The van der Waals surface area contributed by atoms with Crippen molar-refractivity contribution in [3.8, 4) is 0 Å². The zero-order valence-electron chi connectivity index (χ0n) is 4.70. The van der Waals surface area contributed by atoms with E-state index in [0.29, 0.717) is 14.5 Å². The molecule has 0 aromatic carbocycles. The summed E-state index contributed by atoms with van der Waals surface area (Å²) in [5.74, 6) is 0. The maximum absolute atomic E-state index is 5.00. The molecule has 1 nitrogen and oxygen atoms in total. The summed E-state index contributed by atoms with van der Waals surface area (Å²) in [4.78, 5) is 2.20. The fourth-order valence-electron chi connectivity index (χ4n) is 0.778. The molecule has 2 heterocycles. The summed E-state index contributed by atoms with van der Waals surface area (Å²) in [6.07, 6.45) is 3.54. The molecule has 0 fully saturated rings. The maximum atomic E-state index is 5.00. The van der Waals surface area contributed by atoms with Crippen molar-refractivity contribution in [2.24, 2.45) is 0 Å². The van der Waals surface area contributed by atoms with Gasteiger partial charge < -0.3 is 0 Å². The molecule has 9 heavy (non-hydrogen) atoms. The molecule has 0 saturated heterocycles. The van der Waals surface area contributed by atoms with Crippen LogP contribution < -0.4 is 0 Å². The molecular weight excluding hydrogens is 179 g/mol. The van der Waals surface area contributed by atoms with Gasteiger partial charge in [-0.1, -0.05) is 0 Å². The Morgan fingerprint density at radius 3 is 3.22 bits per heavy atom. The van der Waals surface area contributed by atoms with Crippen LogP contribution in [0.25, 0.3) is 9.65 Å². The first-order chi connectivity index (χ1) is 4.47. The normalized spacial score (nSPS) is 10.2. The number of rotatable bonds is 0. The third-order valence-corrected chi connectivity index (χ3v) is 3.03. The van der Waals surface area contributed by atoms with E-state index in [9.17, 15) is 0 Å². The molecule has 0 atom stereocenters. The van der Waals surface area contributed by atoms with Crippen molar-refractivity contribution < 1.29 is 4.42 Å². The predicted octanol–water partition coefficient (Wildman–Crippen LogP) is 1.77. The van der Waals surface area contributed by atoms with Gasteiger partial charge in [0, 0.05) is 0 Å². The SMILES string of the molecule is c1cc2cc[se]c2c[o+]1. The molecule has 2 heteroatoms. The Balaban J connectivity index is 2.95. The Labute approximate surface area is 58.7 Å². The molecule has 0 amide bonds. The van der Waals surface area contributed by atoms with Crippen LogP contribution in [0, 0.1) is 0 Å². The van der Waals surface area contributed by atoms with E-state index in [4.69, 9.17) is 4.42 Å². The van der Waals surface area contributed by atoms with E-state index in [-0.39, 0.29) is 0 Å². The predicted molar refractivity (Wildman–Crippen MR) is 37.6 cm³/mol. The van der Waals surface area contributed by atoms with E-state index in [0.717, 1.165) is 0 Å². The molecule has 0 bridgehead atoms. The van der Waals surface area contributed by atoms with Crippen LogP contribution in [0.1, 0.15) is 0 Å². The van der Waals surface area contributed by atoms with Crippen molar-refractivity contribution in [3.63, 3.8) is 0 Å². The minimum absolute atomic E-state index is 0.528. The molecule has 2 rings (SSSR count). The number of fused-ring (bicyclic) bond motifs is 1. The first kappa shape index (κ1) is 5.21. The van der Waals surface area contributed by atoms with E-state index < -0.39 is 0 Å². The molecule has 0 aliphatic carbocycles. The zero-order chi connectivity index (χ0) is 6.10. The molecule has 2 aromatic heterocycles. The van der Waals surface area contributed by atoms with Crippen molar-refractivity contribution in [1.29, 1.82) is 0 Å². The van der Waals surface area contributed by atoms with E-state index in [1.165, 1.54) is 9.65 Å². The second kappa shape index (κ2) is 1.98. The van der Waals surface area contributed by atoms with Gasteiger partial charge in [0.05, 0.1) is 0 Å². The van der Waals surface area contributed by atoms with Crippen LogP contribution in [0.15, 0.2) is 34.0 Å². The van der Waals surface area contributed by atoms with Gasteiger partial charge in [-0.05, 0) is 0 Å². The van der Waals surface area contributed by atoms with E-state index >= 15 is 0 Å². The average molecular weight is 184 g/mol. The van der Waals surface area contributed by atoms with Crippen LogP contribution in [0.3, 0.4) is 0 Å². The van der Waals surface area contributed by atoms with E-state index in [1.54, 1.807) is 6.26 Å². The van der Waals surface area contributed by atoms with Crippen molar-refractivity contribution in [2.75, 3.05) is 0 Å². The van der Waals surface area contributed by atoms with Gasteiger partial charge in [0.15, 0.2) is 0 Å². The summed E-state index contributed by atoms with van der Waals surface area (Å²) in [6, 6.07) is 4.14. The monoisotopic (exact) mass is 185 g/mol. The van der Waals surface area contributed by atoms with Gasteiger partial charge in [0.2, 0.25) is 0 Å². The Kier molecular flexibility index (Phi) is 1.15. The molecule has 0 aliphatic heterocycles. The van der Waals surface area contributed by atoms with Gasteiger partial charge >= 0.3 is 58.2 Å². The molecule has 0 aliphatic rings. The summed E-state index contributed by atoms with van der Waals surface area (Å²) < 4.78 is 6.35. The second-order valence-corrected chi connectivity index (χ2v) is 3.79. The van der Waals surface area contributed by atoms with Gasteiger partial charge in [0.1, 0.15) is 0 Å². The first-order valence-electron chi connectivity index (χ1n) is 2.69. The fraction of sp³-hybridized carbons (Fsp3) is 0. The van der Waals surface area contributed by atoms with Crippen molar-refractivity contribution >= 4 is 24.1 Å². The Morgan fingerprint density at radius 1 is 1.33 bits per heavy atom. The van der Waals surface area contributed by atoms with Gasteiger partial charge in [-0.25, -0.2) is 0 Å². The molecule has 0 spiro atoms. The molecule has 2 aromatic rings. The summed E-state index contributed by atoms with van der Waals surface area (Å²) in [7, 11) is 0. The standard InChI is InChI=1S/C7H5OSe/c1-3-8-5-7-6(1)2-4-9-7/h1-5H/q+1. The summed E-state index contributed by atoms with van der Waals surface area (Å²) in [6.45, 7) is 0. The Morgan fingerprint density at radius 2 is 2.33 bits per heavy atom. The van der Waals surface area contributed by atoms with E-state index in [2.05, 4.69) is 11.0 Å². The van der Waals surface area contributed by atoms with Gasteiger partial charge in [-0.15, -0.1) is 0 Å². The minimum atomic E-state index is 0.528. The fourth-order valence-corrected chi connectivity index (χ4v) is 2.34. The van der Waals surface area contributed by atoms with Crippen molar-refractivity contribution in [1.82, 2.24) is 0 Å². The Bertz CT molecular complexity index is 283. The topological polar surface area (TPSA) is 11.3 Å². The van der Waals surface area contributed by atoms with Crippen LogP contribution in [-0.4, -0.2) is 14.5 Å². The third-order valence-electron chi connectivity index (χ3n) is 1.23. The molecule has 0 saturated carbocycles. The van der Waals surface area contributed by atoms with E-state index in [1.807, 2.05) is 12.3 Å². The first-order valence-corrected chi connectivity index (χ1v) is 4.54. The van der Waals surface area contributed by atoms with Crippen molar-refractivity contribution in [2.45, 2.75) is 0 Å². The zero-order valence-corrected chi connectivity index (χ0v) is 6.42. The van der Waals surface area contributed by atoms with Crippen molar-refractivity contribution in [3.05, 3.63) is 29.6 Å². The van der Waals surface area contributed by atoms with Gasteiger partial charge in [-0.3, -0.25) is 0 Å². The number of hydrogen-bond acceptors (Lipinski definition) is 0. The van der Waals surface area contributed by atoms with Crippen LogP contribution in [0.4, 0.5) is 0 Å². The van der Waals surface area contributed by atoms with Crippen LogP contribution in [0.2, 0.25) is 0 Å². The van der Waals surface area contributed by atoms with Gasteiger partial charge in [0.25, 0.3) is 0 Å². The molecular formula is C7H5OSe+. The summed E-state index contributed by atoms with van der Waals surface area (Å²) in [5, 5.41) is 1.32. The van der Waals surface area contributed by atoms with Gasteiger partial charge in [-0.2, -0.15) is 0 Å². The van der Waals surface area contributed by atoms with Crippen LogP contribution in [-0.2, 0) is 0 Å². The molecule has 0 radical (unpaired) electrons. The Hall–Kier alpha value is -0.591. The van der Waals surface area contributed by atoms with Crippen LogP contribution >= 0.6 is 0 Å². The number of hydrogen-bond donors (Lipinski definition) is 0. The summed E-state index contributed by atoms with van der Waals surface area (Å²) in [5.41, 5.74) is 0. The van der Waals surface area contributed by atoms with Crippen LogP contribution in [0.5, 0.6) is 0 Å². The molecule has 0 unspecified atom stereocenters. The average Bonchev–Trinajstić information content (AvgIpc) is 2.33. The quantitative estimate of drug-likeness (QED) is 0.448. The third kappa shape index (κ3) is 0.805. The molecule has 44 valence electrons.